The van der Waals surface area contributed by atoms with Gasteiger partial charge in [0.2, 0.25) is 0 Å². The van der Waals surface area contributed by atoms with Gasteiger partial charge in [-0.05, 0) is 169 Å². The van der Waals surface area contributed by atoms with Crippen LogP contribution in [-0.2, 0) is 10.8 Å². The summed E-state index contributed by atoms with van der Waals surface area (Å²) in [6, 6.07) is 122. The van der Waals surface area contributed by atoms with E-state index in [0.717, 1.165) is 39.6 Å². The minimum absolute atomic E-state index is 0.576. The molecule has 0 amide bonds. The summed E-state index contributed by atoms with van der Waals surface area (Å²) in [6.45, 7) is 0. The lowest BCUT2D eigenvalue weighted by Crippen LogP contribution is -2.29. The Bertz CT molecular complexity index is 4760. The van der Waals surface area contributed by atoms with Crippen molar-refractivity contribution in [1.82, 2.24) is 9.13 Å². The molecule has 17 rings (SSSR count). The topological polar surface area (TPSA) is 13.1 Å². The molecular formula is C82H55N3. The Morgan fingerprint density at radius 1 is 0.259 bits per heavy atom. The van der Waals surface area contributed by atoms with E-state index in [-0.39, 0.29) is 0 Å². The number of hydrogen-bond acceptors (Lipinski definition) is 1. The molecule has 2 aliphatic rings. The van der Waals surface area contributed by atoms with Gasteiger partial charge in [0.1, 0.15) is 0 Å². The van der Waals surface area contributed by atoms with Crippen LogP contribution in [0, 0.1) is 0 Å². The van der Waals surface area contributed by atoms with Crippen molar-refractivity contribution < 1.29 is 0 Å². The molecule has 2 aromatic heterocycles. The van der Waals surface area contributed by atoms with Crippen LogP contribution in [0.15, 0.2) is 334 Å². The van der Waals surface area contributed by atoms with Crippen LogP contribution >= 0.6 is 0 Å². The van der Waals surface area contributed by atoms with Crippen LogP contribution in [0.4, 0.5) is 17.1 Å². The largest absolute Gasteiger partial charge is 0.317 e. The van der Waals surface area contributed by atoms with Crippen molar-refractivity contribution in [2.75, 3.05) is 4.90 Å². The molecule has 2 heterocycles. The van der Waals surface area contributed by atoms with Gasteiger partial charge < -0.3 is 14.0 Å². The van der Waals surface area contributed by atoms with Gasteiger partial charge in [-0.3, -0.25) is 0 Å². The smallest absolute Gasteiger partial charge is 0.0714 e. The number of benzene rings is 13. The number of aromatic nitrogens is 2. The summed E-state index contributed by atoms with van der Waals surface area (Å²) in [5.74, 6) is 0. The van der Waals surface area contributed by atoms with Crippen LogP contribution in [0.3, 0.4) is 0 Å². The highest BCUT2D eigenvalue weighted by Crippen LogP contribution is 2.60. The number of nitrogens with zero attached hydrogens (tertiary/aromatic N) is 3. The van der Waals surface area contributed by atoms with Crippen molar-refractivity contribution >= 4 is 49.8 Å². The molecule has 0 saturated carbocycles. The van der Waals surface area contributed by atoms with Gasteiger partial charge >= 0.3 is 0 Å². The van der Waals surface area contributed by atoms with Gasteiger partial charge in [-0.2, -0.15) is 0 Å². The summed E-state index contributed by atoms with van der Waals surface area (Å²) >= 11 is 0. The van der Waals surface area contributed by atoms with E-state index in [0.29, 0.717) is 0 Å². The molecule has 15 aromatic rings. The minimum atomic E-state index is -0.576. The molecule has 0 saturated heterocycles. The van der Waals surface area contributed by atoms with E-state index in [9.17, 15) is 0 Å². The van der Waals surface area contributed by atoms with E-state index >= 15 is 0 Å². The van der Waals surface area contributed by atoms with Crippen molar-refractivity contribution in [3.63, 3.8) is 0 Å². The van der Waals surface area contributed by atoms with E-state index in [1.54, 1.807) is 0 Å². The van der Waals surface area contributed by atoms with Gasteiger partial charge in [0.05, 0.1) is 27.4 Å². The second-order valence-corrected chi connectivity index (χ2v) is 22.7. The van der Waals surface area contributed by atoms with Crippen molar-refractivity contribution in [1.29, 1.82) is 0 Å². The third kappa shape index (κ3) is 7.20. The Morgan fingerprint density at radius 2 is 0.659 bits per heavy atom. The summed E-state index contributed by atoms with van der Waals surface area (Å²) in [4.78, 5) is 2.50. The third-order valence-corrected chi connectivity index (χ3v) is 18.5. The second kappa shape index (κ2) is 19.3. The first-order valence-corrected chi connectivity index (χ1v) is 29.5. The monoisotopic (exact) mass is 1080 g/mol. The van der Waals surface area contributed by atoms with E-state index in [4.69, 9.17) is 0 Å². The third-order valence-electron chi connectivity index (χ3n) is 18.5. The molecule has 13 aromatic carbocycles. The second-order valence-electron chi connectivity index (χ2n) is 22.7. The van der Waals surface area contributed by atoms with Crippen LogP contribution < -0.4 is 4.90 Å². The fraction of sp³-hybridized carbons (Fsp3) is 0.0244. The highest BCUT2D eigenvalue weighted by molar-refractivity contribution is 6.22. The molecule has 0 N–H and O–H groups in total. The number of fused-ring (bicyclic) bond motifs is 11. The summed E-state index contributed by atoms with van der Waals surface area (Å²) in [5, 5.41) is 3.70. The quantitative estimate of drug-likeness (QED) is 0.133. The molecule has 0 aliphatic heterocycles. The van der Waals surface area contributed by atoms with Crippen LogP contribution in [-0.4, -0.2) is 9.13 Å². The first-order chi connectivity index (χ1) is 42.2. The average molecular weight is 1080 g/mol. The van der Waals surface area contributed by atoms with E-state index in [2.05, 4.69) is 348 Å². The standard InChI is InChI=1S/C82H55N3/c1-7-23-58(24-8-1)81(59-25-9-2-10-26-59)73-37-21-19-35-67(73)69-46-44-65(54-75(69)81)84(66-45-47-70-68-36-20-22-38-74(68)82(76(70)55-66,60-27-11-3-12-28-60)61-29-13-4-14-30-61)64-42-39-56(40-43-64)57-41-48-78-72(53-57)80-71-51-52-83(62-31-15-5-16-32-62)77(71)49-50-79(80)85(78)63-33-17-6-18-34-63/h1-55H. The Morgan fingerprint density at radius 3 is 1.16 bits per heavy atom. The maximum atomic E-state index is 2.50. The van der Waals surface area contributed by atoms with E-state index < -0.39 is 10.8 Å². The van der Waals surface area contributed by atoms with Crippen molar-refractivity contribution in [3.05, 3.63) is 378 Å². The van der Waals surface area contributed by atoms with Crippen LogP contribution in [0.25, 0.3) is 77.5 Å². The molecule has 398 valence electrons. The predicted molar refractivity (Wildman–Crippen MR) is 352 cm³/mol. The van der Waals surface area contributed by atoms with E-state index in [1.165, 1.54) is 99.5 Å². The first kappa shape index (κ1) is 48.7. The zero-order valence-corrected chi connectivity index (χ0v) is 46.6. The number of rotatable bonds is 10. The fourth-order valence-electron chi connectivity index (χ4n) is 15.0. The molecule has 0 atom stereocenters. The molecule has 3 nitrogen and oxygen atoms in total. The van der Waals surface area contributed by atoms with Crippen LogP contribution in [0.1, 0.15) is 44.5 Å². The van der Waals surface area contributed by atoms with Crippen LogP contribution in [0.2, 0.25) is 0 Å². The maximum Gasteiger partial charge on any atom is 0.0714 e. The molecular weight excluding hydrogens is 1030 g/mol. The molecule has 0 bridgehead atoms. The summed E-state index contributed by atoms with van der Waals surface area (Å²) < 4.78 is 4.73. The zero-order valence-electron chi connectivity index (χ0n) is 46.6. The normalized spacial score (nSPS) is 13.4. The van der Waals surface area contributed by atoms with Crippen LogP contribution in [0.5, 0.6) is 0 Å². The van der Waals surface area contributed by atoms with Gasteiger partial charge in [0.25, 0.3) is 0 Å². The average Bonchev–Trinajstić information content (AvgIpc) is 1.65. The molecule has 0 spiro atoms. The molecule has 3 heteroatoms. The Kier molecular flexibility index (Phi) is 11.1. The SMILES string of the molecule is c1ccc(-n2ccc3c4c5cc(-c6ccc(N(c7ccc8c(c7)C(c7ccccc7)(c7ccccc7)c7ccccc7-8)c7ccc8c(c7)C(c7ccccc7)(c7ccccc7)c7ccccc7-8)cc6)ccc5n(-c5ccccc5)c4ccc32)cc1. The summed E-state index contributed by atoms with van der Waals surface area (Å²) in [6.07, 6.45) is 2.21. The predicted octanol–water partition coefficient (Wildman–Crippen LogP) is 20.6. The zero-order chi connectivity index (χ0) is 56.1. The molecule has 0 unspecified atom stereocenters. The highest BCUT2D eigenvalue weighted by Gasteiger charge is 2.48. The Labute approximate surface area is 494 Å². The number of anilines is 3. The van der Waals surface area contributed by atoms with Crippen molar-refractivity contribution in [2.24, 2.45) is 0 Å². The first-order valence-electron chi connectivity index (χ1n) is 29.5. The van der Waals surface area contributed by atoms with Crippen molar-refractivity contribution in [3.8, 4) is 44.8 Å². The lowest BCUT2D eigenvalue weighted by atomic mass is 9.67. The number of para-hydroxylation sites is 2. The summed E-state index contributed by atoms with van der Waals surface area (Å²) in [7, 11) is 0. The van der Waals surface area contributed by atoms with Crippen molar-refractivity contribution in [2.45, 2.75) is 10.8 Å². The van der Waals surface area contributed by atoms with Gasteiger partial charge in [-0.25, -0.2) is 0 Å². The highest BCUT2D eigenvalue weighted by atomic mass is 15.1. The molecule has 2 aliphatic carbocycles. The lowest BCUT2D eigenvalue weighted by Gasteiger charge is -2.36. The molecule has 0 radical (unpaired) electrons. The Hall–Kier alpha value is -11.0. The summed E-state index contributed by atoms with van der Waals surface area (Å²) in [5.41, 5.74) is 25.3. The fourth-order valence-corrected chi connectivity index (χ4v) is 15.0. The van der Waals surface area contributed by atoms with Gasteiger partial charge in [0.15, 0.2) is 0 Å². The van der Waals surface area contributed by atoms with E-state index in [1.807, 2.05) is 0 Å². The molecule has 0 fully saturated rings. The molecule has 85 heavy (non-hydrogen) atoms. The maximum absolute atomic E-state index is 2.50. The van der Waals surface area contributed by atoms with Gasteiger partial charge in [-0.1, -0.05) is 237 Å². The minimum Gasteiger partial charge on any atom is -0.317 e. The number of hydrogen-bond donors (Lipinski definition) is 0. The Balaban J connectivity index is 0.881. The van der Waals surface area contributed by atoms with Gasteiger partial charge in [-0.15, -0.1) is 0 Å². The van der Waals surface area contributed by atoms with Gasteiger partial charge in [0, 0.05) is 50.8 Å². The lowest BCUT2D eigenvalue weighted by molar-refractivity contribution is 0.767.